The van der Waals surface area contributed by atoms with Crippen LogP contribution in [-0.2, 0) is 11.3 Å². The van der Waals surface area contributed by atoms with Gasteiger partial charge in [-0.25, -0.2) is 0 Å². The second-order valence-corrected chi connectivity index (χ2v) is 8.32. The van der Waals surface area contributed by atoms with E-state index in [1.54, 1.807) is 25.3 Å². The van der Waals surface area contributed by atoms with Crippen molar-refractivity contribution in [1.29, 1.82) is 0 Å². The van der Waals surface area contributed by atoms with Crippen LogP contribution >= 0.6 is 0 Å². The molecule has 1 N–H and O–H groups in total. The maximum atomic E-state index is 13.5. The molecule has 0 saturated heterocycles. The first-order valence-corrected chi connectivity index (χ1v) is 11.3. The van der Waals surface area contributed by atoms with Gasteiger partial charge in [0.2, 0.25) is 12.7 Å². The number of nitrogens with one attached hydrogen (secondary N) is 1. The molecular formula is C25H30N2O6. The highest BCUT2D eigenvalue weighted by molar-refractivity contribution is 5.97. The van der Waals surface area contributed by atoms with Crippen LogP contribution in [0.1, 0.15) is 48.0 Å². The molecule has 1 aliphatic carbocycles. The van der Waals surface area contributed by atoms with Gasteiger partial charge in [0.15, 0.2) is 23.0 Å². The van der Waals surface area contributed by atoms with Crippen LogP contribution in [0.3, 0.4) is 0 Å². The highest BCUT2D eigenvalue weighted by Gasteiger charge is 2.24. The second-order valence-electron chi connectivity index (χ2n) is 8.32. The third-order valence-corrected chi connectivity index (χ3v) is 6.03. The van der Waals surface area contributed by atoms with Crippen molar-refractivity contribution in [3.8, 4) is 23.0 Å². The molecular weight excluding hydrogens is 424 g/mol. The lowest BCUT2D eigenvalue weighted by Crippen LogP contribution is -2.44. The number of carbonyl (C=O) groups is 2. The lowest BCUT2D eigenvalue weighted by molar-refractivity contribution is -0.122. The van der Waals surface area contributed by atoms with Gasteiger partial charge in [-0.1, -0.05) is 25.3 Å². The van der Waals surface area contributed by atoms with Crippen molar-refractivity contribution in [3.05, 3.63) is 47.5 Å². The van der Waals surface area contributed by atoms with E-state index >= 15 is 0 Å². The predicted octanol–water partition coefficient (Wildman–Crippen LogP) is 3.52. The third-order valence-electron chi connectivity index (χ3n) is 6.03. The van der Waals surface area contributed by atoms with Crippen molar-refractivity contribution in [1.82, 2.24) is 10.2 Å². The first kappa shape index (κ1) is 22.8. The maximum absolute atomic E-state index is 13.5. The molecule has 0 aromatic heterocycles. The summed E-state index contributed by atoms with van der Waals surface area (Å²) >= 11 is 0. The minimum Gasteiger partial charge on any atom is -0.493 e. The molecule has 2 aliphatic rings. The maximum Gasteiger partial charge on any atom is 0.254 e. The first-order valence-electron chi connectivity index (χ1n) is 11.3. The zero-order valence-electron chi connectivity index (χ0n) is 19.1. The summed E-state index contributed by atoms with van der Waals surface area (Å²) in [4.78, 5) is 27.9. The molecule has 1 aliphatic heterocycles. The van der Waals surface area contributed by atoms with Crippen LogP contribution in [0.4, 0.5) is 0 Å². The minimum absolute atomic E-state index is 0.0435. The Morgan fingerprint density at radius 1 is 0.970 bits per heavy atom. The zero-order chi connectivity index (χ0) is 23.2. The molecule has 0 unspecified atom stereocenters. The minimum atomic E-state index is -0.271. The van der Waals surface area contributed by atoms with E-state index in [2.05, 4.69) is 5.32 Å². The Labute approximate surface area is 193 Å². The number of fused-ring (bicyclic) bond motifs is 1. The second kappa shape index (κ2) is 10.5. The van der Waals surface area contributed by atoms with Gasteiger partial charge >= 0.3 is 0 Å². The summed E-state index contributed by atoms with van der Waals surface area (Å²) in [6.07, 6.45) is 5.42. The molecule has 0 atom stereocenters. The first-order chi connectivity index (χ1) is 16.1. The summed E-state index contributed by atoms with van der Waals surface area (Å²) < 4.78 is 21.5. The van der Waals surface area contributed by atoms with Crippen LogP contribution < -0.4 is 24.3 Å². The van der Waals surface area contributed by atoms with Gasteiger partial charge in [-0.3, -0.25) is 9.59 Å². The lowest BCUT2D eigenvalue weighted by atomic mass is 9.95. The van der Waals surface area contributed by atoms with E-state index < -0.39 is 0 Å². The molecule has 2 amide bonds. The zero-order valence-corrected chi connectivity index (χ0v) is 19.1. The smallest absolute Gasteiger partial charge is 0.254 e. The molecule has 2 aromatic carbocycles. The molecule has 176 valence electrons. The highest BCUT2D eigenvalue weighted by atomic mass is 16.7. The van der Waals surface area contributed by atoms with Gasteiger partial charge in [-0.05, 0) is 48.7 Å². The fourth-order valence-corrected chi connectivity index (χ4v) is 4.30. The van der Waals surface area contributed by atoms with Crippen LogP contribution in [0.2, 0.25) is 0 Å². The average molecular weight is 455 g/mol. The summed E-state index contributed by atoms with van der Waals surface area (Å²) in [7, 11) is 3.06. The van der Waals surface area contributed by atoms with Crippen molar-refractivity contribution >= 4 is 11.8 Å². The number of carbonyl (C=O) groups excluding carboxylic acids is 2. The Hall–Kier alpha value is -3.42. The van der Waals surface area contributed by atoms with Gasteiger partial charge in [0, 0.05) is 18.2 Å². The number of benzene rings is 2. The largest absolute Gasteiger partial charge is 0.493 e. The van der Waals surface area contributed by atoms with E-state index in [0.717, 1.165) is 31.2 Å². The number of nitrogens with zero attached hydrogens (tertiary/aromatic N) is 1. The SMILES string of the molecule is COc1ccc(C(=O)N(CC(=O)NC2CCCCC2)Cc2ccc3c(c2)OCO3)cc1OC. The monoisotopic (exact) mass is 454 g/mol. The molecule has 0 radical (unpaired) electrons. The average Bonchev–Trinajstić information content (AvgIpc) is 3.31. The van der Waals surface area contributed by atoms with Gasteiger partial charge in [0.05, 0.1) is 14.2 Å². The summed E-state index contributed by atoms with van der Waals surface area (Å²) in [5.41, 5.74) is 1.26. The number of hydrogen-bond donors (Lipinski definition) is 1. The Morgan fingerprint density at radius 2 is 1.73 bits per heavy atom. The molecule has 8 nitrogen and oxygen atoms in total. The summed E-state index contributed by atoms with van der Waals surface area (Å²) in [6, 6.07) is 10.7. The van der Waals surface area contributed by atoms with Gasteiger partial charge in [0.25, 0.3) is 5.91 Å². The van der Waals surface area contributed by atoms with Crippen molar-refractivity contribution < 1.29 is 28.5 Å². The van der Waals surface area contributed by atoms with Crippen LogP contribution in [0.25, 0.3) is 0 Å². The molecule has 33 heavy (non-hydrogen) atoms. The number of amides is 2. The van der Waals surface area contributed by atoms with Crippen LogP contribution in [-0.4, -0.2) is 50.3 Å². The molecule has 0 spiro atoms. The summed E-state index contributed by atoms with van der Waals surface area (Å²) in [5.74, 6) is 1.87. The van der Waals surface area contributed by atoms with E-state index in [0.29, 0.717) is 28.6 Å². The van der Waals surface area contributed by atoms with E-state index in [4.69, 9.17) is 18.9 Å². The fraction of sp³-hybridized carbons (Fsp3) is 0.440. The number of hydrogen-bond acceptors (Lipinski definition) is 6. The molecule has 1 fully saturated rings. The van der Waals surface area contributed by atoms with Crippen molar-refractivity contribution in [2.75, 3.05) is 27.6 Å². The predicted molar refractivity (Wildman–Crippen MR) is 122 cm³/mol. The van der Waals surface area contributed by atoms with E-state index in [-0.39, 0.29) is 37.7 Å². The van der Waals surface area contributed by atoms with E-state index in [1.165, 1.54) is 18.4 Å². The number of methoxy groups -OCH3 is 2. The van der Waals surface area contributed by atoms with Gasteiger partial charge in [-0.2, -0.15) is 0 Å². The number of ether oxygens (including phenoxy) is 4. The van der Waals surface area contributed by atoms with Gasteiger partial charge in [0.1, 0.15) is 6.54 Å². The van der Waals surface area contributed by atoms with Crippen molar-refractivity contribution in [2.24, 2.45) is 0 Å². The molecule has 4 rings (SSSR count). The fourth-order valence-electron chi connectivity index (χ4n) is 4.30. The standard InChI is InChI=1S/C25H30N2O6/c1-30-20-11-9-18(13-22(20)31-2)25(29)27(15-24(28)26-19-6-4-3-5-7-19)14-17-8-10-21-23(12-17)33-16-32-21/h8-13,19H,3-7,14-16H2,1-2H3,(H,26,28). The van der Waals surface area contributed by atoms with Crippen LogP contribution in [0.15, 0.2) is 36.4 Å². The molecule has 8 heteroatoms. The molecule has 0 bridgehead atoms. The summed E-state index contributed by atoms with van der Waals surface area (Å²) in [5, 5.41) is 3.10. The topological polar surface area (TPSA) is 86.3 Å². The van der Waals surface area contributed by atoms with E-state index in [9.17, 15) is 9.59 Å². The Kier molecular flexibility index (Phi) is 7.22. The van der Waals surface area contributed by atoms with Gasteiger partial charge < -0.3 is 29.2 Å². The summed E-state index contributed by atoms with van der Waals surface area (Å²) in [6.45, 7) is 0.386. The molecule has 2 aromatic rings. The van der Waals surface area contributed by atoms with Crippen molar-refractivity contribution in [3.63, 3.8) is 0 Å². The Bertz CT molecular complexity index is 1000. The third kappa shape index (κ3) is 5.50. The van der Waals surface area contributed by atoms with Crippen molar-refractivity contribution in [2.45, 2.75) is 44.7 Å². The van der Waals surface area contributed by atoms with Crippen LogP contribution in [0, 0.1) is 0 Å². The Morgan fingerprint density at radius 3 is 2.48 bits per heavy atom. The van der Waals surface area contributed by atoms with Gasteiger partial charge in [-0.15, -0.1) is 0 Å². The van der Waals surface area contributed by atoms with Crippen LogP contribution in [0.5, 0.6) is 23.0 Å². The lowest BCUT2D eigenvalue weighted by Gasteiger charge is -2.26. The number of rotatable bonds is 8. The Balaban J connectivity index is 1.54. The molecule has 1 heterocycles. The quantitative estimate of drug-likeness (QED) is 0.657. The normalized spacial score (nSPS) is 15.1. The highest BCUT2D eigenvalue weighted by Crippen LogP contribution is 2.33. The van der Waals surface area contributed by atoms with E-state index in [1.807, 2.05) is 18.2 Å². The molecule has 1 saturated carbocycles.